The fourth-order valence-corrected chi connectivity index (χ4v) is 5.22. The number of nitriles is 1. The van der Waals surface area contributed by atoms with Gasteiger partial charge in [-0.3, -0.25) is 0 Å². The van der Waals surface area contributed by atoms with Crippen LogP contribution in [-0.2, 0) is 6.54 Å². The Morgan fingerprint density at radius 1 is 1.26 bits per heavy atom. The lowest BCUT2D eigenvalue weighted by Gasteiger charge is -2.27. The van der Waals surface area contributed by atoms with Crippen molar-refractivity contribution in [3.8, 4) is 11.8 Å². The summed E-state index contributed by atoms with van der Waals surface area (Å²) in [7, 11) is 1.57. The molecule has 1 saturated carbocycles. The van der Waals surface area contributed by atoms with Crippen LogP contribution in [0, 0.1) is 11.3 Å². The standard InChI is InChI=1S/C23H23N5O2S/c1-30-21-10-19-18(9-15(21)11-24)25-13-28(19)12-14-6-7-17-22(8-14)31-23(27-17)26-16-4-2-3-5-20(16)29/h6-10,13,16,20,29H,2-5,12H2,1H3,(H,26,27)/t16-,20-/m1/s1. The maximum absolute atomic E-state index is 10.2. The van der Waals surface area contributed by atoms with Crippen LogP contribution >= 0.6 is 11.3 Å². The van der Waals surface area contributed by atoms with E-state index in [4.69, 9.17) is 9.72 Å². The molecule has 0 bridgehead atoms. The molecule has 1 aliphatic rings. The number of methoxy groups -OCH3 is 1. The van der Waals surface area contributed by atoms with Crippen LogP contribution in [0.1, 0.15) is 36.8 Å². The van der Waals surface area contributed by atoms with Gasteiger partial charge in [-0.05, 0) is 36.6 Å². The summed E-state index contributed by atoms with van der Waals surface area (Å²) in [5, 5.41) is 23.8. The smallest absolute Gasteiger partial charge is 0.184 e. The topological polar surface area (TPSA) is 96.0 Å². The number of ether oxygens (including phenoxy) is 1. The van der Waals surface area contributed by atoms with Crippen LogP contribution in [0.4, 0.5) is 5.13 Å². The number of fused-ring (bicyclic) bond motifs is 2. The number of aliphatic hydroxyl groups excluding tert-OH is 1. The zero-order chi connectivity index (χ0) is 21.4. The molecule has 1 fully saturated rings. The number of anilines is 1. The molecule has 0 spiro atoms. The molecule has 2 heterocycles. The van der Waals surface area contributed by atoms with Crippen LogP contribution in [0.15, 0.2) is 36.7 Å². The quantitative estimate of drug-likeness (QED) is 0.487. The maximum atomic E-state index is 10.2. The van der Waals surface area contributed by atoms with Gasteiger partial charge in [-0.1, -0.05) is 30.2 Å². The van der Waals surface area contributed by atoms with Crippen molar-refractivity contribution in [3.63, 3.8) is 0 Å². The Hall–Kier alpha value is -3.15. The summed E-state index contributed by atoms with van der Waals surface area (Å²) < 4.78 is 8.52. The lowest BCUT2D eigenvalue weighted by atomic mass is 9.93. The third-order valence-electron chi connectivity index (χ3n) is 5.91. The van der Waals surface area contributed by atoms with Gasteiger partial charge in [0.05, 0.1) is 52.4 Å². The average molecular weight is 434 g/mol. The highest BCUT2D eigenvalue weighted by Gasteiger charge is 2.23. The number of thiazole rings is 1. The van der Waals surface area contributed by atoms with Crippen LogP contribution in [0.2, 0.25) is 0 Å². The molecule has 31 heavy (non-hydrogen) atoms. The van der Waals surface area contributed by atoms with Gasteiger partial charge >= 0.3 is 0 Å². The monoisotopic (exact) mass is 433 g/mol. The molecular formula is C23H23N5O2S. The zero-order valence-electron chi connectivity index (χ0n) is 17.2. The first kappa shape index (κ1) is 19.8. The Kier molecular flexibility index (Phi) is 5.22. The fraction of sp³-hybridized carbons (Fsp3) is 0.348. The predicted octanol–water partition coefficient (Wildman–Crippen LogP) is 4.29. The van der Waals surface area contributed by atoms with Crippen LogP contribution in [0.3, 0.4) is 0 Å². The van der Waals surface area contributed by atoms with Crippen molar-refractivity contribution in [2.45, 2.75) is 44.4 Å². The van der Waals surface area contributed by atoms with E-state index in [1.165, 1.54) is 0 Å². The molecular weight excluding hydrogens is 410 g/mol. The van der Waals surface area contributed by atoms with E-state index in [9.17, 15) is 10.4 Å². The number of hydrogen-bond donors (Lipinski definition) is 2. The number of aliphatic hydroxyl groups is 1. The van der Waals surface area contributed by atoms with Gasteiger partial charge in [0.25, 0.3) is 0 Å². The molecule has 2 atom stereocenters. The van der Waals surface area contributed by atoms with E-state index in [2.05, 4.69) is 33.1 Å². The predicted molar refractivity (Wildman–Crippen MR) is 122 cm³/mol. The number of nitrogens with one attached hydrogen (secondary N) is 1. The Bertz CT molecular complexity index is 1290. The zero-order valence-corrected chi connectivity index (χ0v) is 18.0. The summed E-state index contributed by atoms with van der Waals surface area (Å²) in [6, 6.07) is 12.1. The average Bonchev–Trinajstić information content (AvgIpc) is 3.37. The Morgan fingerprint density at radius 3 is 2.94 bits per heavy atom. The van der Waals surface area contributed by atoms with E-state index in [0.717, 1.165) is 57.6 Å². The molecule has 1 aliphatic carbocycles. The van der Waals surface area contributed by atoms with Crippen molar-refractivity contribution in [1.82, 2.24) is 14.5 Å². The number of nitrogens with zero attached hydrogens (tertiary/aromatic N) is 4. The number of hydrogen-bond acceptors (Lipinski definition) is 7. The summed E-state index contributed by atoms with van der Waals surface area (Å²) in [6.07, 6.45) is 5.56. The second-order valence-electron chi connectivity index (χ2n) is 7.95. The van der Waals surface area contributed by atoms with Crippen molar-refractivity contribution in [3.05, 3.63) is 47.8 Å². The SMILES string of the molecule is COc1cc2c(cc1C#N)ncn2Cc1ccc2nc(N[C@@H]3CCCC[C@H]3O)sc2c1. The Balaban J connectivity index is 1.40. The Labute approximate surface area is 183 Å². The highest BCUT2D eigenvalue weighted by atomic mass is 32.1. The van der Waals surface area contributed by atoms with Gasteiger partial charge in [0.2, 0.25) is 0 Å². The van der Waals surface area contributed by atoms with Gasteiger partial charge < -0.3 is 19.7 Å². The first-order chi connectivity index (χ1) is 15.1. The van der Waals surface area contributed by atoms with Gasteiger partial charge in [-0.25, -0.2) is 9.97 Å². The second kappa shape index (κ2) is 8.17. The van der Waals surface area contributed by atoms with Crippen molar-refractivity contribution in [2.24, 2.45) is 0 Å². The number of rotatable bonds is 5. The first-order valence-electron chi connectivity index (χ1n) is 10.4. The minimum absolute atomic E-state index is 0.0828. The molecule has 2 aromatic heterocycles. The van der Waals surface area contributed by atoms with E-state index in [0.29, 0.717) is 17.9 Å². The molecule has 0 aliphatic heterocycles. The molecule has 0 unspecified atom stereocenters. The van der Waals surface area contributed by atoms with Crippen molar-refractivity contribution in [2.75, 3.05) is 12.4 Å². The van der Waals surface area contributed by atoms with Gasteiger partial charge in [0.15, 0.2) is 5.13 Å². The van der Waals surface area contributed by atoms with E-state index >= 15 is 0 Å². The minimum atomic E-state index is -0.301. The lowest BCUT2D eigenvalue weighted by Crippen LogP contribution is -2.36. The van der Waals surface area contributed by atoms with E-state index in [1.54, 1.807) is 30.8 Å². The molecule has 0 saturated heterocycles. The molecule has 4 aromatic rings. The van der Waals surface area contributed by atoms with Crippen LogP contribution in [0.5, 0.6) is 5.75 Å². The molecule has 5 rings (SSSR count). The molecule has 7 nitrogen and oxygen atoms in total. The summed E-state index contributed by atoms with van der Waals surface area (Å²) in [6.45, 7) is 0.656. The second-order valence-corrected chi connectivity index (χ2v) is 8.98. The third-order valence-corrected chi connectivity index (χ3v) is 6.86. The third kappa shape index (κ3) is 3.82. The molecule has 2 N–H and O–H groups in total. The summed E-state index contributed by atoms with van der Waals surface area (Å²) in [5.41, 5.74) is 4.28. The van der Waals surface area contributed by atoms with Crippen molar-refractivity contribution >= 4 is 37.7 Å². The van der Waals surface area contributed by atoms with Gasteiger partial charge in [0, 0.05) is 12.6 Å². The first-order valence-corrected chi connectivity index (χ1v) is 11.2. The number of benzene rings is 2. The highest BCUT2D eigenvalue weighted by Crippen LogP contribution is 2.31. The summed E-state index contributed by atoms with van der Waals surface area (Å²) >= 11 is 1.62. The van der Waals surface area contributed by atoms with Crippen LogP contribution < -0.4 is 10.1 Å². The van der Waals surface area contributed by atoms with E-state index in [-0.39, 0.29) is 12.1 Å². The minimum Gasteiger partial charge on any atom is -0.495 e. The highest BCUT2D eigenvalue weighted by molar-refractivity contribution is 7.22. The van der Waals surface area contributed by atoms with E-state index in [1.807, 2.05) is 12.1 Å². The van der Waals surface area contributed by atoms with Crippen molar-refractivity contribution < 1.29 is 9.84 Å². The lowest BCUT2D eigenvalue weighted by molar-refractivity contribution is 0.116. The summed E-state index contributed by atoms with van der Waals surface area (Å²) in [5.74, 6) is 0.551. The molecule has 158 valence electrons. The van der Waals surface area contributed by atoms with Gasteiger partial charge in [-0.15, -0.1) is 0 Å². The van der Waals surface area contributed by atoms with Crippen LogP contribution in [0.25, 0.3) is 21.3 Å². The molecule has 0 radical (unpaired) electrons. The number of imidazole rings is 1. The van der Waals surface area contributed by atoms with E-state index < -0.39 is 0 Å². The molecule has 8 heteroatoms. The van der Waals surface area contributed by atoms with Gasteiger partial charge in [0.1, 0.15) is 11.8 Å². The Morgan fingerprint density at radius 2 is 2.13 bits per heavy atom. The van der Waals surface area contributed by atoms with Gasteiger partial charge in [-0.2, -0.15) is 5.26 Å². The fourth-order valence-electron chi connectivity index (χ4n) is 4.23. The molecule has 0 amide bonds. The largest absolute Gasteiger partial charge is 0.495 e. The van der Waals surface area contributed by atoms with Crippen LogP contribution in [-0.4, -0.2) is 38.9 Å². The van der Waals surface area contributed by atoms with Crippen molar-refractivity contribution in [1.29, 1.82) is 5.26 Å². The normalized spacial score (nSPS) is 18.9. The summed E-state index contributed by atoms with van der Waals surface area (Å²) in [4.78, 5) is 9.15. The molecule has 2 aromatic carbocycles. The number of aromatic nitrogens is 3. The maximum Gasteiger partial charge on any atom is 0.184 e.